The van der Waals surface area contributed by atoms with Gasteiger partial charge in [-0.2, -0.15) is 5.10 Å². The van der Waals surface area contributed by atoms with E-state index >= 15 is 0 Å². The number of rotatable bonds is 5. The van der Waals surface area contributed by atoms with E-state index in [1.165, 1.54) is 5.56 Å². The molecule has 7 heteroatoms. The van der Waals surface area contributed by atoms with Gasteiger partial charge in [0.15, 0.2) is 0 Å². The smallest absolute Gasteiger partial charge is 0.224 e. The van der Waals surface area contributed by atoms with Gasteiger partial charge in [0.2, 0.25) is 5.91 Å². The molecule has 1 fully saturated rings. The highest BCUT2D eigenvalue weighted by Gasteiger charge is 2.21. The summed E-state index contributed by atoms with van der Waals surface area (Å²) in [5, 5.41) is 5.83. The lowest BCUT2D eigenvalue weighted by Gasteiger charge is -2.34. The molecule has 0 unspecified atom stereocenters. The molecule has 0 atom stereocenters. The third-order valence-corrected chi connectivity index (χ3v) is 5.67. The van der Waals surface area contributed by atoms with Crippen molar-refractivity contribution in [2.75, 3.05) is 26.2 Å². The standard InChI is InChI=1S/C19H24Cl2N4O/c1-14-19(21)15(2)25(22-14)8-7-18(26)24-11-9-23(10-12-24)13-16-3-5-17(20)6-4-16/h3-6H,7-13H2,1-2H3. The molecule has 1 saturated heterocycles. The minimum Gasteiger partial charge on any atom is -0.340 e. The fourth-order valence-corrected chi connectivity index (χ4v) is 3.52. The van der Waals surface area contributed by atoms with Crippen molar-refractivity contribution in [2.45, 2.75) is 33.4 Å². The Morgan fingerprint density at radius 3 is 2.31 bits per heavy atom. The maximum Gasteiger partial charge on any atom is 0.224 e. The van der Waals surface area contributed by atoms with Gasteiger partial charge < -0.3 is 4.90 Å². The second-order valence-electron chi connectivity index (χ2n) is 6.74. The molecule has 3 rings (SSSR count). The molecule has 0 aliphatic carbocycles. The summed E-state index contributed by atoms with van der Waals surface area (Å²) in [5.74, 6) is 0.180. The van der Waals surface area contributed by atoms with Gasteiger partial charge in [0, 0.05) is 44.2 Å². The molecule has 0 bridgehead atoms. The third-order valence-electron chi connectivity index (χ3n) is 4.88. The topological polar surface area (TPSA) is 41.4 Å². The number of halogens is 2. The van der Waals surface area contributed by atoms with Gasteiger partial charge in [-0.05, 0) is 31.5 Å². The minimum absolute atomic E-state index is 0.180. The van der Waals surface area contributed by atoms with Gasteiger partial charge in [0.05, 0.1) is 23.0 Å². The lowest BCUT2D eigenvalue weighted by atomic mass is 10.2. The van der Waals surface area contributed by atoms with Crippen molar-refractivity contribution in [2.24, 2.45) is 0 Å². The first-order valence-corrected chi connectivity index (χ1v) is 9.63. The summed E-state index contributed by atoms with van der Waals surface area (Å²) in [7, 11) is 0. The fourth-order valence-electron chi connectivity index (χ4n) is 3.26. The molecule has 0 radical (unpaired) electrons. The number of amides is 1. The largest absolute Gasteiger partial charge is 0.340 e. The van der Waals surface area contributed by atoms with Crippen LogP contribution < -0.4 is 0 Å². The number of carbonyl (C=O) groups is 1. The summed E-state index contributed by atoms with van der Waals surface area (Å²) >= 11 is 12.1. The average molecular weight is 395 g/mol. The SMILES string of the molecule is Cc1nn(CCC(=O)N2CCN(Cc3ccc(Cl)cc3)CC2)c(C)c1Cl. The third kappa shape index (κ3) is 4.58. The Morgan fingerprint density at radius 2 is 1.73 bits per heavy atom. The maximum absolute atomic E-state index is 12.5. The summed E-state index contributed by atoms with van der Waals surface area (Å²) < 4.78 is 1.83. The molecule has 0 N–H and O–H groups in total. The molecule has 2 aromatic rings. The van der Waals surface area contributed by atoms with Gasteiger partial charge in [-0.15, -0.1) is 0 Å². The van der Waals surface area contributed by atoms with E-state index < -0.39 is 0 Å². The van der Waals surface area contributed by atoms with Gasteiger partial charge >= 0.3 is 0 Å². The molecular weight excluding hydrogens is 371 g/mol. The summed E-state index contributed by atoms with van der Waals surface area (Å²) in [5.41, 5.74) is 2.98. The molecule has 1 aliphatic rings. The summed E-state index contributed by atoms with van der Waals surface area (Å²) in [6, 6.07) is 7.95. The van der Waals surface area contributed by atoms with Gasteiger partial charge in [-0.3, -0.25) is 14.4 Å². The molecule has 2 heterocycles. The molecule has 1 aliphatic heterocycles. The summed E-state index contributed by atoms with van der Waals surface area (Å²) in [6.45, 7) is 8.59. The molecule has 1 aromatic carbocycles. The van der Waals surface area contributed by atoms with Crippen LogP contribution in [0.25, 0.3) is 0 Å². The van der Waals surface area contributed by atoms with Gasteiger partial charge in [-0.25, -0.2) is 0 Å². The Labute approximate surface area is 164 Å². The van der Waals surface area contributed by atoms with Crippen LogP contribution in [-0.4, -0.2) is 51.7 Å². The maximum atomic E-state index is 12.5. The number of hydrogen-bond donors (Lipinski definition) is 0. The molecule has 26 heavy (non-hydrogen) atoms. The average Bonchev–Trinajstić information content (AvgIpc) is 2.89. The fraction of sp³-hybridized carbons (Fsp3) is 0.474. The first-order chi connectivity index (χ1) is 12.4. The van der Waals surface area contributed by atoms with Crippen LogP contribution in [0, 0.1) is 13.8 Å². The van der Waals surface area contributed by atoms with Crippen LogP contribution in [-0.2, 0) is 17.9 Å². The molecule has 1 amide bonds. The zero-order valence-corrected chi connectivity index (χ0v) is 16.7. The van der Waals surface area contributed by atoms with E-state index in [2.05, 4.69) is 22.1 Å². The summed E-state index contributed by atoms with van der Waals surface area (Å²) in [6.07, 6.45) is 0.454. The van der Waals surface area contributed by atoms with Gasteiger partial charge in [-0.1, -0.05) is 35.3 Å². The number of piperazine rings is 1. The first kappa shape index (κ1) is 19.2. The summed E-state index contributed by atoms with van der Waals surface area (Å²) in [4.78, 5) is 16.8. The van der Waals surface area contributed by atoms with E-state index in [9.17, 15) is 4.79 Å². The van der Waals surface area contributed by atoms with Crippen molar-refractivity contribution >= 4 is 29.1 Å². The van der Waals surface area contributed by atoms with E-state index in [0.29, 0.717) is 18.0 Å². The van der Waals surface area contributed by atoms with E-state index in [-0.39, 0.29) is 5.91 Å². The predicted octanol–water partition coefficient (Wildman–Crippen LogP) is 3.54. The van der Waals surface area contributed by atoms with Gasteiger partial charge in [0.1, 0.15) is 0 Å². The highest BCUT2D eigenvalue weighted by Crippen LogP contribution is 2.19. The van der Waals surface area contributed by atoms with Crippen molar-refractivity contribution in [1.82, 2.24) is 19.6 Å². The van der Waals surface area contributed by atoms with Crippen molar-refractivity contribution < 1.29 is 4.79 Å². The van der Waals surface area contributed by atoms with Crippen molar-refractivity contribution in [1.29, 1.82) is 0 Å². The highest BCUT2D eigenvalue weighted by molar-refractivity contribution is 6.31. The zero-order valence-electron chi connectivity index (χ0n) is 15.2. The lowest BCUT2D eigenvalue weighted by Crippen LogP contribution is -2.48. The second kappa shape index (κ2) is 8.42. The number of carbonyl (C=O) groups excluding carboxylic acids is 1. The number of aromatic nitrogens is 2. The van der Waals surface area contributed by atoms with E-state index in [1.807, 2.05) is 35.6 Å². The van der Waals surface area contributed by atoms with E-state index in [4.69, 9.17) is 23.2 Å². The van der Waals surface area contributed by atoms with Crippen molar-refractivity contribution in [3.8, 4) is 0 Å². The predicted molar refractivity (Wildman–Crippen MR) is 105 cm³/mol. The number of aryl methyl sites for hydroxylation is 2. The highest BCUT2D eigenvalue weighted by atomic mass is 35.5. The van der Waals surface area contributed by atoms with Crippen molar-refractivity contribution in [3.05, 3.63) is 51.3 Å². The van der Waals surface area contributed by atoms with Gasteiger partial charge in [0.25, 0.3) is 0 Å². The molecule has 140 valence electrons. The van der Waals surface area contributed by atoms with Crippen LogP contribution in [0.2, 0.25) is 10.0 Å². The van der Waals surface area contributed by atoms with Crippen LogP contribution in [0.5, 0.6) is 0 Å². The minimum atomic E-state index is 0.180. The van der Waals surface area contributed by atoms with E-state index in [1.54, 1.807) is 0 Å². The van der Waals surface area contributed by atoms with Crippen LogP contribution in [0.1, 0.15) is 23.4 Å². The van der Waals surface area contributed by atoms with E-state index in [0.717, 1.165) is 49.1 Å². The zero-order chi connectivity index (χ0) is 18.7. The number of benzene rings is 1. The number of nitrogens with zero attached hydrogens (tertiary/aromatic N) is 4. The van der Waals surface area contributed by atoms with Crippen LogP contribution in [0.4, 0.5) is 0 Å². The molecule has 5 nitrogen and oxygen atoms in total. The molecule has 1 aromatic heterocycles. The quantitative estimate of drug-likeness (QED) is 0.778. The monoisotopic (exact) mass is 394 g/mol. The first-order valence-electron chi connectivity index (χ1n) is 8.88. The molecule has 0 saturated carbocycles. The Hall–Kier alpha value is -1.56. The van der Waals surface area contributed by atoms with Crippen LogP contribution >= 0.6 is 23.2 Å². The lowest BCUT2D eigenvalue weighted by molar-refractivity contribution is -0.133. The normalized spacial score (nSPS) is 15.5. The molecule has 0 spiro atoms. The van der Waals surface area contributed by atoms with Crippen LogP contribution in [0.15, 0.2) is 24.3 Å². The molecular formula is C19H24Cl2N4O. The Kier molecular flexibility index (Phi) is 6.22. The van der Waals surface area contributed by atoms with Crippen LogP contribution in [0.3, 0.4) is 0 Å². The Bertz CT molecular complexity index is 765. The second-order valence-corrected chi connectivity index (χ2v) is 7.56. The van der Waals surface area contributed by atoms with Crippen molar-refractivity contribution in [3.63, 3.8) is 0 Å². The Morgan fingerprint density at radius 1 is 1.08 bits per heavy atom. The Balaban J connectivity index is 1.46. The number of hydrogen-bond acceptors (Lipinski definition) is 3.